The Morgan fingerprint density at radius 2 is 1.95 bits per heavy atom. The van der Waals surface area contributed by atoms with E-state index in [-0.39, 0.29) is 12.2 Å². The molecule has 3 heterocycles. The second-order valence-corrected chi connectivity index (χ2v) is 10.9. The van der Waals surface area contributed by atoms with Crippen molar-refractivity contribution >= 4 is 45.7 Å². The summed E-state index contributed by atoms with van der Waals surface area (Å²) in [6.45, 7) is 4.51. The van der Waals surface area contributed by atoms with E-state index >= 15 is 0 Å². The fourth-order valence-corrected chi connectivity index (χ4v) is 5.01. The van der Waals surface area contributed by atoms with Gasteiger partial charge in [-0.25, -0.2) is 4.98 Å². The molecule has 2 N–H and O–H groups in total. The van der Waals surface area contributed by atoms with Gasteiger partial charge in [-0.05, 0) is 63.1 Å². The standard InChI is InChI=1S/C30H35ClN8O2/c1-37(2)11-5-6-22(40)16-20-7-9-25(31)23(17-20)28-24-19-32-36-29(24)35-30(34-28)33-21-8-10-27(41-4)26(18-21)39-14-12-38(3)13-15-39/h5-10,17-19H,11-16H2,1-4H3,(H2,32,33,34,35,36)/b6-5+. The number of allylic oxidation sites excluding steroid dienone is 1. The number of ether oxygens (including phenoxy) is 1. The molecule has 0 atom stereocenters. The van der Waals surface area contributed by atoms with Gasteiger partial charge in [0.1, 0.15) is 5.75 Å². The highest BCUT2D eigenvalue weighted by atomic mass is 35.5. The maximum atomic E-state index is 12.6. The Morgan fingerprint density at radius 1 is 1.15 bits per heavy atom. The number of aromatic nitrogens is 4. The average molecular weight is 575 g/mol. The van der Waals surface area contributed by atoms with Gasteiger partial charge in [-0.2, -0.15) is 10.1 Å². The van der Waals surface area contributed by atoms with Crippen LogP contribution in [0.2, 0.25) is 5.02 Å². The van der Waals surface area contributed by atoms with Gasteiger partial charge in [0.05, 0.1) is 35.1 Å². The van der Waals surface area contributed by atoms with Gasteiger partial charge in [0.2, 0.25) is 5.95 Å². The first-order valence-corrected chi connectivity index (χ1v) is 13.9. The van der Waals surface area contributed by atoms with Gasteiger partial charge in [0.25, 0.3) is 0 Å². The number of H-pyrrole nitrogens is 1. The molecule has 0 unspecified atom stereocenters. The van der Waals surface area contributed by atoms with Crippen molar-refractivity contribution in [2.45, 2.75) is 6.42 Å². The number of hydrogen-bond acceptors (Lipinski definition) is 9. The number of methoxy groups -OCH3 is 1. The van der Waals surface area contributed by atoms with Gasteiger partial charge < -0.3 is 24.8 Å². The number of piperazine rings is 1. The van der Waals surface area contributed by atoms with E-state index in [0.717, 1.165) is 54.3 Å². The van der Waals surface area contributed by atoms with E-state index in [2.05, 4.69) is 43.4 Å². The number of nitrogens with zero attached hydrogens (tertiary/aromatic N) is 6. The number of carbonyl (C=O) groups excluding carboxylic acids is 1. The summed E-state index contributed by atoms with van der Waals surface area (Å²) in [5.41, 5.74) is 4.61. The normalized spacial score (nSPS) is 14.3. The third-order valence-corrected chi connectivity index (χ3v) is 7.36. The van der Waals surface area contributed by atoms with Crippen LogP contribution in [0.3, 0.4) is 0 Å². The molecule has 41 heavy (non-hydrogen) atoms. The number of benzene rings is 2. The highest BCUT2D eigenvalue weighted by Crippen LogP contribution is 2.35. The summed E-state index contributed by atoms with van der Waals surface area (Å²) in [6.07, 6.45) is 5.44. The van der Waals surface area contributed by atoms with E-state index in [1.54, 1.807) is 25.4 Å². The second-order valence-electron chi connectivity index (χ2n) is 10.5. The molecule has 214 valence electrons. The van der Waals surface area contributed by atoms with Crippen LogP contribution in [0.25, 0.3) is 22.3 Å². The number of rotatable bonds is 10. The lowest BCUT2D eigenvalue weighted by Crippen LogP contribution is -2.44. The summed E-state index contributed by atoms with van der Waals surface area (Å²) >= 11 is 6.68. The highest BCUT2D eigenvalue weighted by Gasteiger charge is 2.19. The van der Waals surface area contributed by atoms with Gasteiger partial charge in [0, 0.05) is 50.4 Å². The summed E-state index contributed by atoms with van der Waals surface area (Å²) in [4.78, 5) is 28.7. The van der Waals surface area contributed by atoms with Crippen molar-refractivity contribution < 1.29 is 9.53 Å². The Hall–Kier alpha value is -3.99. The zero-order valence-electron chi connectivity index (χ0n) is 23.8. The van der Waals surface area contributed by atoms with E-state index in [0.29, 0.717) is 34.4 Å². The van der Waals surface area contributed by atoms with Gasteiger partial charge in [-0.3, -0.25) is 9.89 Å². The zero-order chi connectivity index (χ0) is 28.9. The predicted molar refractivity (Wildman–Crippen MR) is 165 cm³/mol. The third-order valence-electron chi connectivity index (χ3n) is 7.03. The zero-order valence-corrected chi connectivity index (χ0v) is 24.6. The van der Waals surface area contributed by atoms with Crippen molar-refractivity contribution in [1.82, 2.24) is 30.0 Å². The molecule has 1 saturated heterocycles. The summed E-state index contributed by atoms with van der Waals surface area (Å²) < 4.78 is 5.67. The minimum absolute atomic E-state index is 0.0225. The number of ketones is 1. The number of nitrogens with one attached hydrogen (secondary N) is 2. The van der Waals surface area contributed by atoms with E-state index < -0.39 is 0 Å². The minimum Gasteiger partial charge on any atom is -0.495 e. The molecule has 0 saturated carbocycles. The molecular weight excluding hydrogens is 540 g/mol. The number of fused-ring (bicyclic) bond motifs is 1. The predicted octanol–water partition coefficient (Wildman–Crippen LogP) is 4.41. The number of aromatic amines is 1. The second kappa shape index (κ2) is 12.7. The van der Waals surface area contributed by atoms with Crippen molar-refractivity contribution in [3.8, 4) is 17.0 Å². The quantitative estimate of drug-likeness (QED) is 0.267. The molecule has 1 fully saturated rings. The first-order chi connectivity index (χ1) is 19.8. The Morgan fingerprint density at radius 3 is 2.71 bits per heavy atom. The molecule has 2 aromatic carbocycles. The van der Waals surface area contributed by atoms with E-state index in [1.807, 2.05) is 49.3 Å². The molecule has 0 aliphatic carbocycles. The number of likely N-dealkylation sites (N-methyl/N-ethyl adjacent to an activating group) is 2. The summed E-state index contributed by atoms with van der Waals surface area (Å²) in [5, 5.41) is 11.8. The molecule has 1 aliphatic rings. The lowest BCUT2D eigenvalue weighted by molar-refractivity contribution is -0.114. The van der Waals surface area contributed by atoms with Crippen molar-refractivity contribution in [2.24, 2.45) is 0 Å². The summed E-state index contributed by atoms with van der Waals surface area (Å²) in [5.74, 6) is 1.24. The Labute approximate surface area is 245 Å². The Bertz CT molecular complexity index is 1560. The topological polar surface area (TPSA) is 103 Å². The van der Waals surface area contributed by atoms with Gasteiger partial charge >= 0.3 is 0 Å². The van der Waals surface area contributed by atoms with Crippen LogP contribution >= 0.6 is 11.6 Å². The Balaban J connectivity index is 1.45. The molecule has 2 aromatic heterocycles. The van der Waals surface area contributed by atoms with Crippen LogP contribution in [0.5, 0.6) is 5.75 Å². The molecule has 10 nitrogen and oxygen atoms in total. The average Bonchev–Trinajstić information content (AvgIpc) is 3.43. The molecule has 5 rings (SSSR count). The van der Waals surface area contributed by atoms with Crippen molar-refractivity contribution in [3.05, 3.63) is 65.3 Å². The van der Waals surface area contributed by atoms with Crippen LogP contribution in [0.4, 0.5) is 17.3 Å². The van der Waals surface area contributed by atoms with Gasteiger partial charge in [-0.1, -0.05) is 23.7 Å². The summed E-state index contributed by atoms with van der Waals surface area (Å²) in [6, 6.07) is 11.5. The number of carbonyl (C=O) groups is 1. The molecule has 0 amide bonds. The van der Waals surface area contributed by atoms with Crippen molar-refractivity contribution in [1.29, 1.82) is 0 Å². The lowest BCUT2D eigenvalue weighted by Gasteiger charge is -2.34. The van der Waals surface area contributed by atoms with Crippen LogP contribution in [0.1, 0.15) is 5.56 Å². The number of anilines is 3. The molecular formula is C30H35ClN8O2. The maximum Gasteiger partial charge on any atom is 0.229 e. The largest absolute Gasteiger partial charge is 0.495 e. The first-order valence-electron chi connectivity index (χ1n) is 13.5. The molecule has 11 heteroatoms. The molecule has 0 radical (unpaired) electrons. The highest BCUT2D eigenvalue weighted by molar-refractivity contribution is 6.33. The van der Waals surface area contributed by atoms with E-state index in [1.165, 1.54) is 0 Å². The molecule has 0 bridgehead atoms. The SMILES string of the molecule is COc1ccc(Nc2nc(-c3cc(CC(=O)/C=C/CN(C)C)ccc3Cl)c3cn[nH]c3n2)cc1N1CCN(C)CC1. The van der Waals surface area contributed by atoms with Gasteiger partial charge in [0.15, 0.2) is 11.4 Å². The monoisotopic (exact) mass is 574 g/mol. The van der Waals surface area contributed by atoms with Crippen LogP contribution in [0.15, 0.2) is 54.7 Å². The number of hydrogen-bond donors (Lipinski definition) is 2. The molecule has 1 aliphatic heterocycles. The molecule has 0 spiro atoms. The van der Waals surface area contributed by atoms with Crippen molar-refractivity contribution in [2.75, 3.05) is 71.2 Å². The van der Waals surface area contributed by atoms with Crippen LogP contribution in [-0.4, -0.2) is 96.7 Å². The fourth-order valence-electron chi connectivity index (χ4n) is 4.81. The summed E-state index contributed by atoms with van der Waals surface area (Å²) in [7, 11) is 7.75. The first kappa shape index (κ1) is 28.5. The van der Waals surface area contributed by atoms with Crippen LogP contribution < -0.4 is 15.0 Å². The van der Waals surface area contributed by atoms with E-state index in [9.17, 15) is 4.79 Å². The fraction of sp³-hybridized carbons (Fsp3) is 0.333. The molecule has 4 aromatic rings. The van der Waals surface area contributed by atoms with E-state index in [4.69, 9.17) is 21.3 Å². The van der Waals surface area contributed by atoms with Gasteiger partial charge in [-0.15, -0.1) is 0 Å². The van der Waals surface area contributed by atoms with Crippen LogP contribution in [-0.2, 0) is 11.2 Å². The smallest absolute Gasteiger partial charge is 0.229 e. The number of halogens is 1. The van der Waals surface area contributed by atoms with Crippen LogP contribution in [0, 0.1) is 0 Å². The minimum atomic E-state index is 0.0225. The van der Waals surface area contributed by atoms with Crippen molar-refractivity contribution in [3.63, 3.8) is 0 Å². The Kier molecular flexibility index (Phi) is 8.82. The maximum absolute atomic E-state index is 12.6. The third kappa shape index (κ3) is 6.84. The lowest BCUT2D eigenvalue weighted by atomic mass is 10.0.